The maximum atomic E-state index is 7.57. The Morgan fingerprint density at radius 1 is 1.47 bits per heavy atom. The molecule has 1 aliphatic carbocycles. The predicted molar refractivity (Wildman–Crippen MR) is 78.5 cm³/mol. The minimum atomic E-state index is 0.155. The second kappa shape index (κ2) is 6.23. The Balaban J connectivity index is 1.96. The van der Waals surface area contributed by atoms with Gasteiger partial charge in [0.2, 0.25) is 0 Å². The number of nitrogens with two attached hydrogens (primary N) is 1. The van der Waals surface area contributed by atoms with Gasteiger partial charge in [-0.25, -0.2) is 0 Å². The Morgan fingerprint density at radius 3 is 2.74 bits per heavy atom. The summed E-state index contributed by atoms with van der Waals surface area (Å²) in [6, 6.07) is 0.610. The van der Waals surface area contributed by atoms with Gasteiger partial charge in [-0.15, -0.1) is 0 Å². The number of nitrogens with one attached hydrogen (secondary N) is 1. The number of hydrogen-bond donors (Lipinski definition) is 2. The van der Waals surface area contributed by atoms with Crippen LogP contribution in [0.4, 0.5) is 0 Å². The zero-order chi connectivity index (χ0) is 13.9. The first-order chi connectivity index (χ1) is 9.06. The number of nitrogens with zero attached hydrogens (tertiary/aromatic N) is 1. The summed E-state index contributed by atoms with van der Waals surface area (Å²) in [5.41, 5.74) is 5.79. The first kappa shape index (κ1) is 14.8. The van der Waals surface area contributed by atoms with Gasteiger partial charge in [0.25, 0.3) is 0 Å². The molecule has 19 heavy (non-hydrogen) atoms. The highest BCUT2D eigenvalue weighted by Gasteiger charge is 2.41. The minimum absolute atomic E-state index is 0.155. The Morgan fingerprint density at radius 2 is 2.16 bits per heavy atom. The zero-order valence-electron chi connectivity index (χ0n) is 12.5. The van der Waals surface area contributed by atoms with Crippen LogP contribution in [0.2, 0.25) is 0 Å². The Labute approximate surface area is 117 Å². The molecule has 0 bridgehead atoms. The summed E-state index contributed by atoms with van der Waals surface area (Å²) in [7, 11) is 0. The molecule has 0 amide bonds. The molecule has 110 valence electrons. The van der Waals surface area contributed by atoms with Crippen molar-refractivity contribution in [2.24, 2.45) is 11.7 Å². The Bertz CT molecular complexity index is 313. The molecule has 0 aromatic rings. The summed E-state index contributed by atoms with van der Waals surface area (Å²) in [6.45, 7) is 7.11. The van der Waals surface area contributed by atoms with Crippen LogP contribution in [-0.2, 0) is 4.74 Å². The molecule has 1 saturated heterocycles. The summed E-state index contributed by atoms with van der Waals surface area (Å²) in [4.78, 5) is 2.51. The van der Waals surface area contributed by atoms with Crippen LogP contribution in [-0.4, -0.2) is 42.1 Å². The van der Waals surface area contributed by atoms with Gasteiger partial charge in [0, 0.05) is 25.1 Å². The molecular formula is C15H29N3O. The topological polar surface area (TPSA) is 62.3 Å². The molecule has 0 radical (unpaired) electrons. The van der Waals surface area contributed by atoms with E-state index in [1.54, 1.807) is 0 Å². The van der Waals surface area contributed by atoms with Gasteiger partial charge in [-0.2, -0.15) is 0 Å². The van der Waals surface area contributed by atoms with Gasteiger partial charge in [0.15, 0.2) is 0 Å². The van der Waals surface area contributed by atoms with Crippen molar-refractivity contribution in [3.05, 3.63) is 0 Å². The lowest BCUT2D eigenvalue weighted by Crippen LogP contribution is -2.49. The smallest absolute Gasteiger partial charge is 0.0947 e. The van der Waals surface area contributed by atoms with E-state index in [1.165, 1.54) is 32.1 Å². The van der Waals surface area contributed by atoms with Crippen molar-refractivity contribution in [3.63, 3.8) is 0 Å². The first-order valence-corrected chi connectivity index (χ1v) is 7.78. The molecule has 4 heteroatoms. The highest BCUT2D eigenvalue weighted by atomic mass is 16.5. The van der Waals surface area contributed by atoms with Crippen molar-refractivity contribution in [2.45, 2.75) is 64.0 Å². The summed E-state index contributed by atoms with van der Waals surface area (Å²) < 4.78 is 6.11. The molecule has 2 rings (SSSR count). The summed E-state index contributed by atoms with van der Waals surface area (Å²) >= 11 is 0. The van der Waals surface area contributed by atoms with E-state index in [4.69, 9.17) is 15.9 Å². The molecule has 2 aliphatic rings. The summed E-state index contributed by atoms with van der Waals surface area (Å²) in [6.07, 6.45) is 7.42. The van der Waals surface area contributed by atoms with Crippen molar-refractivity contribution in [1.29, 1.82) is 5.41 Å². The quantitative estimate of drug-likeness (QED) is 0.594. The number of ether oxygens (including phenoxy) is 1. The highest BCUT2D eigenvalue weighted by molar-refractivity contribution is 5.79. The van der Waals surface area contributed by atoms with Crippen molar-refractivity contribution in [2.75, 3.05) is 19.7 Å². The number of hydrogen-bond acceptors (Lipinski definition) is 3. The molecule has 4 nitrogen and oxygen atoms in total. The van der Waals surface area contributed by atoms with Gasteiger partial charge >= 0.3 is 0 Å². The fourth-order valence-electron chi connectivity index (χ4n) is 3.67. The molecule has 1 saturated carbocycles. The summed E-state index contributed by atoms with van der Waals surface area (Å²) in [5, 5.41) is 7.57. The third kappa shape index (κ3) is 3.48. The monoisotopic (exact) mass is 267 g/mol. The average molecular weight is 267 g/mol. The molecule has 2 atom stereocenters. The highest BCUT2D eigenvalue weighted by Crippen LogP contribution is 2.41. The fourth-order valence-corrected chi connectivity index (χ4v) is 3.67. The molecule has 1 spiro atoms. The van der Waals surface area contributed by atoms with Crippen LogP contribution >= 0.6 is 0 Å². The SMILES string of the molecule is CCN(CC(C)C(=N)N)C1CCOC2(CCCC2)C1. The Kier molecular flexibility index (Phi) is 4.85. The molecule has 1 heterocycles. The van der Waals surface area contributed by atoms with Crippen LogP contribution < -0.4 is 5.73 Å². The van der Waals surface area contributed by atoms with Gasteiger partial charge in [-0.3, -0.25) is 10.3 Å². The molecule has 2 fully saturated rings. The maximum absolute atomic E-state index is 7.57. The van der Waals surface area contributed by atoms with Crippen LogP contribution in [0, 0.1) is 11.3 Å². The van der Waals surface area contributed by atoms with E-state index in [1.807, 2.05) is 0 Å². The predicted octanol–water partition coefficient (Wildman–Crippen LogP) is 2.37. The first-order valence-electron chi connectivity index (χ1n) is 7.78. The van der Waals surface area contributed by atoms with Crippen molar-refractivity contribution < 1.29 is 4.74 Å². The third-order valence-corrected chi connectivity index (χ3v) is 4.94. The third-order valence-electron chi connectivity index (χ3n) is 4.94. The van der Waals surface area contributed by atoms with Crippen molar-refractivity contribution in [3.8, 4) is 0 Å². The largest absolute Gasteiger partial charge is 0.387 e. The fraction of sp³-hybridized carbons (Fsp3) is 0.933. The van der Waals surface area contributed by atoms with E-state index in [-0.39, 0.29) is 11.5 Å². The van der Waals surface area contributed by atoms with Crippen molar-refractivity contribution in [1.82, 2.24) is 4.90 Å². The van der Waals surface area contributed by atoms with Crippen LogP contribution in [0.15, 0.2) is 0 Å². The van der Waals surface area contributed by atoms with Gasteiger partial charge in [0.05, 0.1) is 11.4 Å². The van der Waals surface area contributed by atoms with Crippen molar-refractivity contribution >= 4 is 5.84 Å². The molecular weight excluding hydrogens is 238 g/mol. The van der Waals surface area contributed by atoms with Crippen LogP contribution in [0.5, 0.6) is 0 Å². The van der Waals surface area contributed by atoms with E-state index in [0.29, 0.717) is 11.9 Å². The molecule has 0 aromatic carbocycles. The van der Waals surface area contributed by atoms with E-state index in [9.17, 15) is 0 Å². The van der Waals surface area contributed by atoms with Gasteiger partial charge < -0.3 is 10.5 Å². The number of rotatable bonds is 5. The number of amidine groups is 1. The summed E-state index contributed by atoms with van der Waals surface area (Å²) in [5.74, 6) is 0.461. The lowest BCUT2D eigenvalue weighted by molar-refractivity contribution is -0.102. The van der Waals surface area contributed by atoms with E-state index in [2.05, 4.69) is 18.7 Å². The molecule has 0 aromatic heterocycles. The second-order valence-electron chi connectivity index (χ2n) is 6.33. The standard InChI is InChI=1S/C15H29N3O/c1-3-18(11-12(2)14(16)17)13-6-9-19-15(10-13)7-4-5-8-15/h12-13H,3-11H2,1-2H3,(H3,16,17). The van der Waals surface area contributed by atoms with E-state index < -0.39 is 0 Å². The normalized spacial score (nSPS) is 27.8. The maximum Gasteiger partial charge on any atom is 0.0947 e. The molecule has 1 aliphatic heterocycles. The molecule has 3 N–H and O–H groups in total. The van der Waals surface area contributed by atoms with Gasteiger partial charge in [-0.1, -0.05) is 26.7 Å². The Hall–Kier alpha value is -0.610. The van der Waals surface area contributed by atoms with E-state index in [0.717, 1.165) is 26.1 Å². The zero-order valence-corrected chi connectivity index (χ0v) is 12.5. The van der Waals surface area contributed by atoms with Crippen LogP contribution in [0.3, 0.4) is 0 Å². The van der Waals surface area contributed by atoms with E-state index >= 15 is 0 Å². The minimum Gasteiger partial charge on any atom is -0.387 e. The van der Waals surface area contributed by atoms with Gasteiger partial charge in [-0.05, 0) is 32.2 Å². The second-order valence-corrected chi connectivity index (χ2v) is 6.33. The average Bonchev–Trinajstić information content (AvgIpc) is 2.83. The van der Waals surface area contributed by atoms with Crippen LogP contribution in [0.1, 0.15) is 52.4 Å². The van der Waals surface area contributed by atoms with Gasteiger partial charge in [0.1, 0.15) is 0 Å². The molecule has 2 unspecified atom stereocenters. The lowest BCUT2D eigenvalue weighted by Gasteiger charge is -2.43. The van der Waals surface area contributed by atoms with Crippen LogP contribution in [0.25, 0.3) is 0 Å². The lowest BCUT2D eigenvalue weighted by atomic mass is 9.87.